The van der Waals surface area contributed by atoms with Crippen LogP contribution in [0.25, 0.3) is 0 Å². The second kappa shape index (κ2) is 45.9. The third-order valence-electron chi connectivity index (χ3n) is 14.4. The summed E-state index contributed by atoms with van der Waals surface area (Å²) in [6.07, 6.45) is 33.4. The zero-order valence-corrected chi connectivity index (χ0v) is 46.3. The number of hydrogen-bond donors (Lipinski definition) is 7. The van der Waals surface area contributed by atoms with Crippen molar-refractivity contribution in [1.82, 2.24) is 0 Å². The van der Waals surface area contributed by atoms with Gasteiger partial charge in [-0.1, -0.05) is 212 Å². The summed E-state index contributed by atoms with van der Waals surface area (Å²) in [5.41, 5.74) is 0. The van der Waals surface area contributed by atoms with Gasteiger partial charge in [0.2, 0.25) is 0 Å². The molecular weight excluding hydrogens is 949 g/mol. The lowest BCUT2D eigenvalue weighted by Crippen LogP contribution is -2.61. The van der Waals surface area contributed by atoms with Crippen LogP contribution in [0.3, 0.4) is 0 Å². The van der Waals surface area contributed by atoms with Crippen molar-refractivity contribution in [3.8, 4) is 0 Å². The third-order valence-corrected chi connectivity index (χ3v) is 14.4. The largest absolute Gasteiger partial charge is 0.462 e. The average Bonchev–Trinajstić information content (AvgIpc) is 3.39. The Labute approximate surface area is 447 Å². The van der Waals surface area contributed by atoms with E-state index in [1.807, 2.05) is 0 Å². The van der Waals surface area contributed by atoms with Gasteiger partial charge in [0.05, 0.1) is 19.8 Å². The Bertz CT molecular complexity index is 1380. The van der Waals surface area contributed by atoms with Crippen LogP contribution in [0.2, 0.25) is 0 Å². The predicted molar refractivity (Wildman–Crippen MR) is 289 cm³/mol. The van der Waals surface area contributed by atoms with Gasteiger partial charge >= 0.3 is 11.9 Å². The first-order valence-electron chi connectivity index (χ1n) is 29.9. The maximum Gasteiger partial charge on any atom is 0.306 e. The first-order valence-corrected chi connectivity index (χ1v) is 29.9. The second-order valence-corrected chi connectivity index (χ2v) is 21.2. The number of carbonyl (C=O) groups is 2. The van der Waals surface area contributed by atoms with Gasteiger partial charge in [-0.05, 0) is 44.9 Å². The highest BCUT2D eigenvalue weighted by atomic mass is 16.7. The normalized spacial score (nSPS) is 24.8. The summed E-state index contributed by atoms with van der Waals surface area (Å²) in [7, 11) is 0. The summed E-state index contributed by atoms with van der Waals surface area (Å²) < 4.78 is 33.7. The molecule has 74 heavy (non-hydrogen) atoms. The number of carbonyl (C=O) groups excluding carboxylic acids is 2. The minimum absolute atomic E-state index is 0.159. The van der Waals surface area contributed by atoms with E-state index in [-0.39, 0.29) is 26.1 Å². The molecule has 434 valence electrons. The topological polar surface area (TPSA) is 231 Å². The molecule has 15 nitrogen and oxygen atoms in total. The van der Waals surface area contributed by atoms with Gasteiger partial charge in [0.1, 0.15) is 55.4 Å². The van der Waals surface area contributed by atoms with Crippen molar-refractivity contribution in [2.24, 2.45) is 0 Å². The summed E-state index contributed by atoms with van der Waals surface area (Å²) >= 11 is 0. The van der Waals surface area contributed by atoms with Gasteiger partial charge in [-0.15, -0.1) is 0 Å². The Kier molecular flexibility index (Phi) is 42.3. The molecule has 2 aliphatic rings. The highest BCUT2D eigenvalue weighted by molar-refractivity contribution is 5.70. The molecule has 2 aliphatic heterocycles. The Morgan fingerprint density at radius 1 is 0.432 bits per heavy atom. The summed E-state index contributed by atoms with van der Waals surface area (Å²) in [6.45, 7) is 2.61. The molecule has 2 heterocycles. The maximum absolute atomic E-state index is 13.1. The Morgan fingerprint density at radius 2 is 0.811 bits per heavy atom. The highest BCUT2D eigenvalue weighted by Gasteiger charge is 2.47. The summed E-state index contributed by atoms with van der Waals surface area (Å²) in [5.74, 6) is -0.920. The summed E-state index contributed by atoms with van der Waals surface area (Å²) in [4.78, 5) is 25.9. The van der Waals surface area contributed by atoms with Crippen molar-refractivity contribution < 1.29 is 73.8 Å². The lowest BCUT2D eigenvalue weighted by molar-refractivity contribution is -0.332. The fourth-order valence-corrected chi connectivity index (χ4v) is 9.54. The monoisotopic (exact) mass is 1060 g/mol. The molecule has 2 rings (SSSR count). The van der Waals surface area contributed by atoms with Crippen LogP contribution in [0.1, 0.15) is 245 Å². The molecule has 0 aliphatic carbocycles. The van der Waals surface area contributed by atoms with Crippen LogP contribution in [-0.4, -0.2) is 142 Å². The molecule has 11 unspecified atom stereocenters. The first-order chi connectivity index (χ1) is 36.0. The van der Waals surface area contributed by atoms with Gasteiger partial charge in [0, 0.05) is 12.8 Å². The summed E-state index contributed by atoms with van der Waals surface area (Å²) in [5, 5.41) is 72.3. The minimum atomic E-state index is -1.76. The molecule has 2 fully saturated rings. The molecule has 11 atom stereocenters. The molecule has 0 aromatic carbocycles. The number of unbranched alkanes of at least 4 members (excludes halogenated alkanes) is 30. The molecule has 2 saturated heterocycles. The Balaban J connectivity index is 1.73. The van der Waals surface area contributed by atoms with Crippen molar-refractivity contribution in [2.75, 3.05) is 26.4 Å². The Morgan fingerprint density at radius 3 is 1.28 bits per heavy atom. The van der Waals surface area contributed by atoms with Gasteiger partial charge < -0.3 is 64.2 Å². The zero-order chi connectivity index (χ0) is 53.9. The van der Waals surface area contributed by atoms with E-state index >= 15 is 0 Å². The number of aliphatic hydroxyl groups excluding tert-OH is 7. The van der Waals surface area contributed by atoms with Gasteiger partial charge in [-0.25, -0.2) is 0 Å². The quantitative estimate of drug-likeness (QED) is 0.0171. The molecule has 15 heteroatoms. The van der Waals surface area contributed by atoms with Crippen LogP contribution in [-0.2, 0) is 38.0 Å². The van der Waals surface area contributed by atoms with Crippen molar-refractivity contribution in [3.05, 3.63) is 24.3 Å². The van der Waals surface area contributed by atoms with Crippen LogP contribution < -0.4 is 0 Å². The zero-order valence-electron chi connectivity index (χ0n) is 46.3. The van der Waals surface area contributed by atoms with E-state index in [1.54, 1.807) is 0 Å². The molecule has 0 aromatic rings. The van der Waals surface area contributed by atoms with Crippen molar-refractivity contribution in [2.45, 2.75) is 313 Å². The lowest BCUT2D eigenvalue weighted by atomic mass is 9.98. The lowest BCUT2D eigenvalue weighted by Gasteiger charge is -2.42. The van der Waals surface area contributed by atoms with Gasteiger partial charge in [0.15, 0.2) is 18.7 Å². The van der Waals surface area contributed by atoms with E-state index in [2.05, 4.69) is 38.2 Å². The van der Waals surface area contributed by atoms with Crippen LogP contribution in [0, 0.1) is 0 Å². The molecule has 0 spiro atoms. The van der Waals surface area contributed by atoms with Crippen molar-refractivity contribution >= 4 is 11.9 Å². The van der Waals surface area contributed by atoms with Gasteiger partial charge in [-0.2, -0.15) is 0 Å². The molecule has 0 radical (unpaired) electrons. The number of ether oxygens (including phenoxy) is 6. The molecule has 0 aromatic heterocycles. The smallest absolute Gasteiger partial charge is 0.306 e. The van der Waals surface area contributed by atoms with Crippen LogP contribution in [0.4, 0.5) is 0 Å². The fourth-order valence-electron chi connectivity index (χ4n) is 9.54. The van der Waals surface area contributed by atoms with E-state index in [1.165, 1.54) is 141 Å². The van der Waals surface area contributed by atoms with Crippen LogP contribution in [0.15, 0.2) is 24.3 Å². The SMILES string of the molecule is CCCCC/C=C\C/C=C\CCCCCCCCCC(=O)OC(COC(=O)CCCCCCCCCCCCCCCCCCCCCCC)COC1OC(COC2OC(CO)C(O)C(O)C2O)C(O)C(O)C1O. The van der Waals surface area contributed by atoms with E-state index in [4.69, 9.17) is 28.4 Å². The summed E-state index contributed by atoms with van der Waals surface area (Å²) in [6, 6.07) is 0. The number of esters is 2. The molecular formula is C59H108O15. The molecule has 0 amide bonds. The fraction of sp³-hybridized carbons (Fsp3) is 0.898. The third kappa shape index (κ3) is 32.7. The average molecular weight is 1060 g/mol. The van der Waals surface area contributed by atoms with E-state index < -0.39 is 92.7 Å². The number of allylic oxidation sites excluding steroid dienone is 4. The highest BCUT2D eigenvalue weighted by Crippen LogP contribution is 2.27. The van der Waals surface area contributed by atoms with Crippen molar-refractivity contribution in [1.29, 1.82) is 0 Å². The van der Waals surface area contributed by atoms with Gasteiger partial charge in [0.25, 0.3) is 0 Å². The number of hydrogen-bond acceptors (Lipinski definition) is 15. The molecule has 0 bridgehead atoms. The number of rotatable bonds is 48. The predicted octanol–water partition coefficient (Wildman–Crippen LogP) is 10.3. The maximum atomic E-state index is 13.1. The molecule has 0 saturated carbocycles. The first kappa shape index (κ1) is 68.1. The second-order valence-electron chi connectivity index (χ2n) is 21.2. The van der Waals surface area contributed by atoms with E-state index in [0.29, 0.717) is 12.8 Å². The van der Waals surface area contributed by atoms with Crippen LogP contribution >= 0.6 is 0 Å². The number of aliphatic hydroxyl groups is 7. The van der Waals surface area contributed by atoms with Gasteiger partial charge in [-0.3, -0.25) is 9.59 Å². The standard InChI is InChI=1S/C59H108O15/c1-3-5-7-9-11-13-15-17-19-21-22-23-24-26-27-29-31-33-35-37-39-41-50(61)69-44-47(72-51(62)42-40-38-36-34-32-30-28-25-20-18-16-14-12-10-8-6-4-2)45-70-58-57(68)55(66)53(64)49(74-58)46-71-59-56(67)54(65)52(63)48(43-60)73-59/h12,14,18,20,47-49,52-60,63-68H,3-11,13,15-17,19,21-46H2,1-2H3/b14-12-,20-18-. The van der Waals surface area contributed by atoms with E-state index in [0.717, 1.165) is 64.2 Å². The minimum Gasteiger partial charge on any atom is -0.462 e. The van der Waals surface area contributed by atoms with Crippen molar-refractivity contribution in [3.63, 3.8) is 0 Å². The molecule has 7 N–H and O–H groups in total. The van der Waals surface area contributed by atoms with Crippen LogP contribution in [0.5, 0.6) is 0 Å². The Hall–Kier alpha value is -2.02. The van der Waals surface area contributed by atoms with E-state index in [9.17, 15) is 45.3 Å².